The lowest BCUT2D eigenvalue weighted by Gasteiger charge is -2.20. The van der Waals surface area contributed by atoms with Crippen LogP contribution in [0.2, 0.25) is 0 Å². The second-order valence-corrected chi connectivity index (χ2v) is 5.31. The second-order valence-electron chi connectivity index (χ2n) is 4.04. The Labute approximate surface area is 110 Å². The minimum absolute atomic E-state index is 0.111. The summed E-state index contributed by atoms with van der Waals surface area (Å²) in [5.41, 5.74) is 1.70. The summed E-state index contributed by atoms with van der Waals surface area (Å²) in [6, 6.07) is 0. The van der Waals surface area contributed by atoms with E-state index in [0.717, 1.165) is 44.0 Å². The summed E-state index contributed by atoms with van der Waals surface area (Å²) >= 11 is 7.15. The highest BCUT2D eigenvalue weighted by atomic mass is 35.5. The van der Waals surface area contributed by atoms with Crippen LogP contribution in [-0.4, -0.2) is 59.3 Å². The highest BCUT2D eigenvalue weighted by Crippen LogP contribution is 2.12. The number of rotatable bonds is 3. The molecule has 0 radical (unpaired) electrons. The molecule has 0 unspecified atom stereocenters. The van der Waals surface area contributed by atoms with E-state index in [1.54, 1.807) is 11.7 Å². The van der Waals surface area contributed by atoms with E-state index in [9.17, 15) is 4.79 Å². The van der Waals surface area contributed by atoms with Gasteiger partial charge in [0.1, 0.15) is 4.88 Å². The van der Waals surface area contributed by atoms with Gasteiger partial charge in [0.05, 0.1) is 11.7 Å². The zero-order chi connectivity index (χ0) is 12.1. The Bertz CT molecular complexity index is 358. The van der Waals surface area contributed by atoms with Crippen molar-refractivity contribution in [1.29, 1.82) is 0 Å². The number of amides is 1. The van der Waals surface area contributed by atoms with Crippen LogP contribution < -0.4 is 0 Å². The average molecular weight is 274 g/mol. The molecule has 0 N–H and O–H groups in total. The summed E-state index contributed by atoms with van der Waals surface area (Å²) in [4.78, 5) is 21.0. The molecule has 2 rings (SSSR count). The van der Waals surface area contributed by atoms with Crippen LogP contribution in [-0.2, 0) is 0 Å². The van der Waals surface area contributed by atoms with Gasteiger partial charge in [-0.15, -0.1) is 22.9 Å². The van der Waals surface area contributed by atoms with E-state index in [4.69, 9.17) is 11.6 Å². The van der Waals surface area contributed by atoms with Crippen molar-refractivity contribution in [3.05, 3.63) is 16.6 Å². The highest BCUT2D eigenvalue weighted by Gasteiger charge is 2.20. The summed E-state index contributed by atoms with van der Waals surface area (Å²) in [6.07, 6.45) is 2.66. The Hall–Kier alpha value is -0.650. The zero-order valence-corrected chi connectivity index (χ0v) is 11.2. The van der Waals surface area contributed by atoms with Crippen molar-refractivity contribution in [3.63, 3.8) is 0 Å². The molecule has 1 fully saturated rings. The van der Waals surface area contributed by atoms with Gasteiger partial charge >= 0.3 is 0 Å². The van der Waals surface area contributed by atoms with Crippen LogP contribution in [0.4, 0.5) is 0 Å². The Morgan fingerprint density at radius 3 is 3.00 bits per heavy atom. The number of aromatic nitrogens is 1. The van der Waals surface area contributed by atoms with Gasteiger partial charge in [0, 0.05) is 32.1 Å². The second kappa shape index (κ2) is 6.33. The molecule has 0 bridgehead atoms. The van der Waals surface area contributed by atoms with Gasteiger partial charge in [-0.2, -0.15) is 0 Å². The summed E-state index contributed by atoms with van der Waals surface area (Å²) < 4.78 is 0. The van der Waals surface area contributed by atoms with E-state index in [1.165, 1.54) is 11.3 Å². The number of alkyl halides is 1. The lowest BCUT2D eigenvalue weighted by molar-refractivity contribution is 0.0766. The van der Waals surface area contributed by atoms with Crippen LogP contribution in [0.5, 0.6) is 0 Å². The first-order valence-electron chi connectivity index (χ1n) is 5.77. The number of hydrogen-bond donors (Lipinski definition) is 0. The quantitative estimate of drug-likeness (QED) is 0.784. The maximum atomic E-state index is 12.1. The molecule has 0 spiro atoms. The van der Waals surface area contributed by atoms with Gasteiger partial charge in [-0.25, -0.2) is 0 Å². The van der Waals surface area contributed by atoms with Crippen molar-refractivity contribution < 1.29 is 4.79 Å². The molecular formula is C11H16ClN3OS. The Morgan fingerprint density at radius 1 is 1.41 bits per heavy atom. The first-order chi connectivity index (χ1) is 8.31. The van der Waals surface area contributed by atoms with Crippen molar-refractivity contribution in [2.45, 2.75) is 6.42 Å². The van der Waals surface area contributed by atoms with Crippen LogP contribution in [0.3, 0.4) is 0 Å². The minimum Gasteiger partial charge on any atom is -0.337 e. The molecule has 1 saturated heterocycles. The Balaban J connectivity index is 1.92. The average Bonchev–Trinajstić information content (AvgIpc) is 2.76. The number of hydrogen-bond acceptors (Lipinski definition) is 4. The van der Waals surface area contributed by atoms with Gasteiger partial charge < -0.3 is 9.80 Å². The third kappa shape index (κ3) is 3.40. The molecule has 17 heavy (non-hydrogen) atoms. The molecule has 1 aromatic heterocycles. The number of carbonyl (C=O) groups is 1. The molecule has 0 atom stereocenters. The van der Waals surface area contributed by atoms with Crippen LogP contribution >= 0.6 is 22.9 Å². The van der Waals surface area contributed by atoms with E-state index in [-0.39, 0.29) is 5.91 Å². The fraction of sp³-hybridized carbons (Fsp3) is 0.636. The number of halogens is 1. The van der Waals surface area contributed by atoms with Gasteiger partial charge in [-0.1, -0.05) is 0 Å². The normalized spacial score (nSPS) is 18.1. The monoisotopic (exact) mass is 273 g/mol. The summed E-state index contributed by atoms with van der Waals surface area (Å²) in [6.45, 7) is 4.46. The van der Waals surface area contributed by atoms with Crippen molar-refractivity contribution in [2.75, 3.05) is 38.6 Å². The number of nitrogens with zero attached hydrogens (tertiary/aromatic N) is 3. The molecule has 4 nitrogen and oxygen atoms in total. The Morgan fingerprint density at radius 2 is 2.29 bits per heavy atom. The van der Waals surface area contributed by atoms with Gasteiger partial charge in [0.25, 0.3) is 5.91 Å². The van der Waals surface area contributed by atoms with Gasteiger partial charge in [-0.05, 0) is 13.0 Å². The van der Waals surface area contributed by atoms with Crippen LogP contribution in [0.25, 0.3) is 0 Å². The molecule has 1 aromatic rings. The number of thiazole rings is 1. The molecule has 2 heterocycles. The SMILES string of the molecule is O=C(c1cncs1)N1CCCN(CCCl)CC1. The molecule has 1 amide bonds. The van der Waals surface area contributed by atoms with E-state index < -0.39 is 0 Å². The van der Waals surface area contributed by atoms with E-state index >= 15 is 0 Å². The first-order valence-corrected chi connectivity index (χ1v) is 7.19. The Kier molecular flexibility index (Phi) is 4.76. The fourth-order valence-corrected chi connectivity index (χ4v) is 2.82. The summed E-state index contributed by atoms with van der Waals surface area (Å²) in [5, 5.41) is 0. The number of carbonyl (C=O) groups excluding carboxylic acids is 1. The zero-order valence-electron chi connectivity index (χ0n) is 9.64. The standard InChI is InChI=1S/C11H16ClN3OS/c12-2-5-14-3-1-4-15(7-6-14)11(16)10-8-13-9-17-10/h8-9H,1-7H2. The van der Waals surface area contributed by atoms with Gasteiger partial charge in [0.15, 0.2) is 0 Å². The van der Waals surface area contributed by atoms with Crippen molar-refractivity contribution in [3.8, 4) is 0 Å². The molecule has 0 aliphatic carbocycles. The molecule has 6 heteroatoms. The van der Waals surface area contributed by atoms with Crippen LogP contribution in [0.15, 0.2) is 11.7 Å². The maximum Gasteiger partial charge on any atom is 0.265 e. The molecule has 0 saturated carbocycles. The smallest absolute Gasteiger partial charge is 0.265 e. The maximum absolute atomic E-state index is 12.1. The van der Waals surface area contributed by atoms with Crippen LogP contribution in [0, 0.1) is 0 Å². The predicted molar refractivity (Wildman–Crippen MR) is 69.8 cm³/mol. The summed E-state index contributed by atoms with van der Waals surface area (Å²) in [7, 11) is 0. The van der Waals surface area contributed by atoms with Crippen molar-refractivity contribution >= 4 is 28.8 Å². The highest BCUT2D eigenvalue weighted by molar-refractivity contribution is 7.11. The lowest BCUT2D eigenvalue weighted by atomic mass is 10.3. The molecular weight excluding hydrogens is 258 g/mol. The first kappa shape index (κ1) is 12.8. The van der Waals surface area contributed by atoms with Gasteiger partial charge in [-0.3, -0.25) is 9.78 Å². The van der Waals surface area contributed by atoms with Crippen molar-refractivity contribution in [2.24, 2.45) is 0 Å². The van der Waals surface area contributed by atoms with E-state index in [0.29, 0.717) is 5.88 Å². The molecule has 0 aromatic carbocycles. The topological polar surface area (TPSA) is 36.4 Å². The van der Waals surface area contributed by atoms with E-state index in [2.05, 4.69) is 9.88 Å². The largest absolute Gasteiger partial charge is 0.337 e. The fourth-order valence-electron chi connectivity index (χ4n) is 1.99. The third-order valence-corrected chi connectivity index (χ3v) is 3.85. The van der Waals surface area contributed by atoms with Crippen LogP contribution in [0.1, 0.15) is 16.1 Å². The van der Waals surface area contributed by atoms with Gasteiger partial charge in [0.2, 0.25) is 0 Å². The lowest BCUT2D eigenvalue weighted by Crippen LogP contribution is -2.35. The van der Waals surface area contributed by atoms with Crippen molar-refractivity contribution in [1.82, 2.24) is 14.8 Å². The summed E-state index contributed by atoms with van der Waals surface area (Å²) in [5.74, 6) is 0.767. The molecule has 94 valence electrons. The van der Waals surface area contributed by atoms with E-state index in [1.807, 2.05) is 4.90 Å². The third-order valence-electron chi connectivity index (χ3n) is 2.92. The molecule has 1 aliphatic rings. The minimum atomic E-state index is 0.111. The predicted octanol–water partition coefficient (Wildman–Crippen LogP) is 1.53. The molecule has 1 aliphatic heterocycles.